The van der Waals surface area contributed by atoms with Gasteiger partial charge in [-0.15, -0.1) is 0 Å². The summed E-state index contributed by atoms with van der Waals surface area (Å²) in [5.74, 6) is 1.69. The van der Waals surface area contributed by atoms with Crippen molar-refractivity contribution in [3.05, 3.63) is 54.4 Å². The molecule has 0 saturated heterocycles. The highest BCUT2D eigenvalue weighted by atomic mass is 32.1. The van der Waals surface area contributed by atoms with Crippen LogP contribution in [0.3, 0.4) is 0 Å². The molecule has 0 spiro atoms. The maximum absolute atomic E-state index is 12.4. The van der Waals surface area contributed by atoms with Crippen LogP contribution < -0.4 is 15.4 Å². The first-order valence-electron chi connectivity index (χ1n) is 12.8. The largest absolute Gasteiger partial charge is 0.478 e. The van der Waals surface area contributed by atoms with Gasteiger partial charge in [0.05, 0.1) is 17.8 Å². The van der Waals surface area contributed by atoms with Gasteiger partial charge in [0.1, 0.15) is 10.6 Å². The Balaban J connectivity index is 1.20. The van der Waals surface area contributed by atoms with Gasteiger partial charge in [-0.3, -0.25) is 9.72 Å². The molecule has 5 rings (SSSR count). The van der Waals surface area contributed by atoms with Crippen molar-refractivity contribution in [2.24, 2.45) is 4.99 Å². The van der Waals surface area contributed by atoms with Gasteiger partial charge in [-0.05, 0) is 44.2 Å². The van der Waals surface area contributed by atoms with Crippen LogP contribution in [0.25, 0.3) is 26.6 Å². The fourth-order valence-electron chi connectivity index (χ4n) is 3.96. The summed E-state index contributed by atoms with van der Waals surface area (Å²) in [6.45, 7) is 11.0. The fraction of sp³-hybridized carbons (Fsp3) is 0.321. The first-order valence-corrected chi connectivity index (χ1v) is 13.6. The molecule has 1 aromatic carbocycles. The molecule has 0 atom stereocenters. The lowest BCUT2D eigenvalue weighted by molar-refractivity contribution is 0.262. The van der Waals surface area contributed by atoms with E-state index in [0.717, 1.165) is 52.4 Å². The van der Waals surface area contributed by atoms with Gasteiger partial charge in [0.2, 0.25) is 5.88 Å². The van der Waals surface area contributed by atoms with E-state index in [-0.39, 0.29) is 5.41 Å². The zero-order valence-corrected chi connectivity index (χ0v) is 23.0. The number of unbranched alkanes of at least 4 members (excludes halogenated alkanes) is 2. The Bertz CT molecular complexity index is 1600. The SMILES string of the molecule is C=NCCCCCOc1ccc2c(n1)sc1nc(-c3ccc(NC(=O)Nc4cc(C(C)(C)C)on4)cc3)cn12. The summed E-state index contributed by atoms with van der Waals surface area (Å²) in [6, 6.07) is 12.8. The molecule has 0 fully saturated rings. The lowest BCUT2D eigenvalue weighted by atomic mass is 9.93. The second-order valence-electron chi connectivity index (χ2n) is 10.2. The van der Waals surface area contributed by atoms with Crippen molar-refractivity contribution in [3.63, 3.8) is 0 Å². The van der Waals surface area contributed by atoms with E-state index in [0.29, 0.717) is 29.8 Å². The Morgan fingerprint density at radius 1 is 1.10 bits per heavy atom. The van der Waals surface area contributed by atoms with E-state index >= 15 is 0 Å². The third kappa shape index (κ3) is 6.26. The minimum Gasteiger partial charge on any atom is -0.478 e. The Morgan fingerprint density at radius 3 is 2.67 bits per heavy atom. The molecule has 0 aliphatic carbocycles. The molecular weight excluding hydrogens is 514 g/mol. The van der Waals surface area contributed by atoms with Crippen LogP contribution >= 0.6 is 11.3 Å². The second-order valence-corrected chi connectivity index (χ2v) is 11.1. The van der Waals surface area contributed by atoms with Crippen molar-refractivity contribution in [1.82, 2.24) is 19.5 Å². The van der Waals surface area contributed by atoms with E-state index in [1.165, 1.54) is 11.3 Å². The summed E-state index contributed by atoms with van der Waals surface area (Å²) in [7, 11) is 0. The number of thiazole rings is 1. The van der Waals surface area contributed by atoms with E-state index in [1.54, 1.807) is 6.07 Å². The number of nitrogens with one attached hydrogen (secondary N) is 2. The molecular formula is C28H31N7O3S. The van der Waals surface area contributed by atoms with Gasteiger partial charge in [-0.1, -0.05) is 49.4 Å². The number of imidazole rings is 1. The average Bonchev–Trinajstić information content (AvgIpc) is 3.61. The van der Waals surface area contributed by atoms with Gasteiger partial charge < -0.3 is 19.6 Å². The number of anilines is 2. The van der Waals surface area contributed by atoms with E-state index < -0.39 is 6.03 Å². The van der Waals surface area contributed by atoms with E-state index in [4.69, 9.17) is 14.2 Å². The average molecular weight is 546 g/mol. The number of hydrogen-bond donors (Lipinski definition) is 2. The molecule has 0 aliphatic rings. The van der Waals surface area contributed by atoms with Crippen molar-refractivity contribution in [2.75, 3.05) is 23.8 Å². The molecule has 0 radical (unpaired) electrons. The highest BCUT2D eigenvalue weighted by Crippen LogP contribution is 2.30. The number of carbonyl (C=O) groups is 1. The summed E-state index contributed by atoms with van der Waals surface area (Å²) in [5.41, 5.74) is 3.22. The predicted molar refractivity (Wildman–Crippen MR) is 155 cm³/mol. The molecule has 4 aromatic heterocycles. The molecule has 0 unspecified atom stereocenters. The van der Waals surface area contributed by atoms with Crippen LogP contribution in [-0.4, -0.2) is 45.4 Å². The Labute approximate surface area is 230 Å². The van der Waals surface area contributed by atoms with Crippen molar-refractivity contribution < 1.29 is 14.1 Å². The monoisotopic (exact) mass is 545 g/mol. The zero-order chi connectivity index (χ0) is 27.4. The number of aliphatic imine (C=N–C) groups is 1. The highest BCUT2D eigenvalue weighted by Gasteiger charge is 2.20. The summed E-state index contributed by atoms with van der Waals surface area (Å²) in [4.78, 5) is 27.4. The lowest BCUT2D eigenvalue weighted by Gasteiger charge is -2.12. The summed E-state index contributed by atoms with van der Waals surface area (Å²) < 4.78 is 13.2. The van der Waals surface area contributed by atoms with Crippen LogP contribution in [-0.2, 0) is 5.41 Å². The minimum absolute atomic E-state index is 0.190. The summed E-state index contributed by atoms with van der Waals surface area (Å²) in [5, 5.41) is 9.42. The third-order valence-electron chi connectivity index (χ3n) is 6.08. The predicted octanol–water partition coefficient (Wildman–Crippen LogP) is 6.79. The number of nitrogens with zero attached hydrogens (tertiary/aromatic N) is 5. The van der Waals surface area contributed by atoms with Gasteiger partial charge in [-0.25, -0.2) is 14.8 Å². The number of fused-ring (bicyclic) bond motifs is 3. The number of urea groups is 1. The van der Waals surface area contributed by atoms with Crippen LogP contribution in [0.1, 0.15) is 45.8 Å². The fourth-order valence-corrected chi connectivity index (χ4v) is 4.93. The molecule has 2 N–H and O–H groups in total. The summed E-state index contributed by atoms with van der Waals surface area (Å²) in [6.07, 6.45) is 5.05. The van der Waals surface area contributed by atoms with E-state index in [9.17, 15) is 4.79 Å². The Hall–Kier alpha value is -4.25. The Kier molecular flexibility index (Phi) is 7.60. The minimum atomic E-state index is -0.397. The second kappa shape index (κ2) is 11.2. The lowest BCUT2D eigenvalue weighted by Crippen LogP contribution is -2.19. The maximum atomic E-state index is 12.4. The summed E-state index contributed by atoms with van der Waals surface area (Å²) >= 11 is 1.52. The van der Waals surface area contributed by atoms with Crippen molar-refractivity contribution in [1.29, 1.82) is 0 Å². The molecule has 0 aliphatic heterocycles. The number of aromatic nitrogens is 4. The number of amides is 2. The molecule has 10 nitrogen and oxygen atoms in total. The third-order valence-corrected chi connectivity index (χ3v) is 7.04. The van der Waals surface area contributed by atoms with Crippen LogP contribution in [0.15, 0.2) is 58.2 Å². The van der Waals surface area contributed by atoms with Gasteiger partial charge in [0.25, 0.3) is 0 Å². The van der Waals surface area contributed by atoms with Crippen molar-refractivity contribution >= 4 is 50.9 Å². The molecule has 0 saturated carbocycles. The van der Waals surface area contributed by atoms with Crippen molar-refractivity contribution in [2.45, 2.75) is 45.4 Å². The van der Waals surface area contributed by atoms with Crippen LogP contribution in [0, 0.1) is 0 Å². The molecule has 2 amide bonds. The van der Waals surface area contributed by atoms with Gasteiger partial charge >= 0.3 is 6.03 Å². The number of hydrogen-bond acceptors (Lipinski definition) is 8. The van der Waals surface area contributed by atoms with Crippen molar-refractivity contribution in [3.8, 4) is 17.1 Å². The smallest absolute Gasteiger partial charge is 0.324 e. The molecule has 0 bridgehead atoms. The molecule has 11 heteroatoms. The van der Waals surface area contributed by atoms with Crippen LogP contribution in [0.4, 0.5) is 16.3 Å². The number of pyridine rings is 1. The number of ether oxygens (including phenoxy) is 1. The number of rotatable bonds is 10. The van der Waals surface area contributed by atoms with Gasteiger partial charge in [0.15, 0.2) is 10.8 Å². The van der Waals surface area contributed by atoms with Gasteiger partial charge in [0, 0.05) is 41.5 Å². The Morgan fingerprint density at radius 2 is 1.92 bits per heavy atom. The quantitative estimate of drug-likeness (QED) is 0.147. The zero-order valence-electron chi connectivity index (χ0n) is 22.2. The first-order chi connectivity index (χ1) is 18.8. The van der Waals surface area contributed by atoms with E-state index in [2.05, 4.69) is 32.5 Å². The first kappa shape index (κ1) is 26.4. The van der Waals surface area contributed by atoms with Gasteiger partial charge in [-0.2, -0.15) is 0 Å². The molecule has 4 heterocycles. The normalized spacial score (nSPS) is 11.7. The molecule has 39 heavy (non-hydrogen) atoms. The highest BCUT2D eigenvalue weighted by molar-refractivity contribution is 7.23. The maximum Gasteiger partial charge on any atom is 0.324 e. The number of carbonyl (C=O) groups excluding carboxylic acids is 1. The standard InChI is InChI=1S/C28H31N7O3S/c1-28(2,3)22-16-23(34-38-22)32-26(36)30-19-10-8-18(9-11-19)20-17-35-21-12-13-24(33-25(21)39-27(35)31-20)37-15-7-5-6-14-29-4/h8-13,16-17H,4-7,14-15H2,1-3H3,(H2,30,32,34,36). The topological polar surface area (TPSA) is 119 Å². The molecule has 202 valence electrons. The molecule has 5 aromatic rings. The number of benzene rings is 1. The van der Waals surface area contributed by atoms with E-state index in [1.807, 2.05) is 67.8 Å². The van der Waals surface area contributed by atoms with Crippen LogP contribution in [0.5, 0.6) is 5.88 Å². The van der Waals surface area contributed by atoms with Crippen LogP contribution in [0.2, 0.25) is 0 Å².